The van der Waals surface area contributed by atoms with E-state index in [4.69, 9.17) is 0 Å². The molecule has 1 unspecified atom stereocenters. The number of likely N-dealkylation sites (N-methyl/N-ethyl adjacent to an activating group) is 1. The molecule has 24 heavy (non-hydrogen) atoms. The molecule has 0 saturated carbocycles. The molecule has 0 bridgehead atoms. The Bertz CT molecular complexity index is 780. The topological polar surface area (TPSA) is 33.2 Å². The molecular formula is C20H22N2OS. The summed E-state index contributed by atoms with van der Waals surface area (Å²) in [6.07, 6.45) is 1.85. The molecule has 1 amide bonds. The highest BCUT2D eigenvalue weighted by Gasteiger charge is 2.23. The van der Waals surface area contributed by atoms with E-state index in [2.05, 4.69) is 18.0 Å². The minimum atomic E-state index is -0.0735. The largest absolute Gasteiger partial charge is 0.338 e. The molecule has 0 radical (unpaired) electrons. The lowest BCUT2D eigenvalue weighted by molar-refractivity contribution is -0.132. The van der Waals surface area contributed by atoms with Gasteiger partial charge in [-0.2, -0.15) is 0 Å². The average Bonchev–Trinajstić information content (AvgIpc) is 3.02. The Morgan fingerprint density at radius 1 is 1.12 bits per heavy atom. The van der Waals surface area contributed by atoms with E-state index in [1.807, 2.05) is 60.5 Å². The maximum absolute atomic E-state index is 13.0. The lowest BCUT2D eigenvalue weighted by atomic mass is 9.93. The zero-order valence-corrected chi connectivity index (χ0v) is 14.9. The lowest BCUT2D eigenvalue weighted by Gasteiger charge is -2.23. The molecule has 0 saturated heterocycles. The van der Waals surface area contributed by atoms with Gasteiger partial charge in [0, 0.05) is 7.05 Å². The molecule has 2 aromatic carbocycles. The third kappa shape index (κ3) is 3.65. The Hall–Kier alpha value is -2.20. The fourth-order valence-electron chi connectivity index (χ4n) is 2.94. The van der Waals surface area contributed by atoms with Gasteiger partial charge in [-0.05, 0) is 24.1 Å². The first-order valence-corrected chi connectivity index (χ1v) is 9.15. The van der Waals surface area contributed by atoms with Gasteiger partial charge in [0.05, 0.1) is 22.7 Å². The van der Waals surface area contributed by atoms with Crippen LogP contribution in [0.3, 0.4) is 0 Å². The zero-order valence-electron chi connectivity index (χ0n) is 14.1. The van der Waals surface area contributed by atoms with Crippen molar-refractivity contribution in [2.75, 3.05) is 7.05 Å². The first-order chi connectivity index (χ1) is 11.7. The van der Waals surface area contributed by atoms with Crippen LogP contribution in [0.5, 0.6) is 0 Å². The van der Waals surface area contributed by atoms with Crippen molar-refractivity contribution in [1.29, 1.82) is 0 Å². The minimum absolute atomic E-state index is 0.0735. The molecule has 0 aliphatic heterocycles. The van der Waals surface area contributed by atoms with E-state index < -0.39 is 0 Å². The van der Waals surface area contributed by atoms with Gasteiger partial charge >= 0.3 is 0 Å². The highest BCUT2D eigenvalue weighted by atomic mass is 32.1. The first-order valence-electron chi connectivity index (χ1n) is 8.33. The number of aromatic nitrogens is 1. The number of benzene rings is 2. The number of nitrogens with zero attached hydrogens (tertiary/aromatic N) is 2. The monoisotopic (exact) mass is 338 g/mol. The van der Waals surface area contributed by atoms with Crippen molar-refractivity contribution in [3.63, 3.8) is 0 Å². The van der Waals surface area contributed by atoms with Crippen molar-refractivity contribution >= 4 is 27.5 Å². The molecule has 3 aromatic rings. The van der Waals surface area contributed by atoms with Crippen molar-refractivity contribution in [3.8, 4) is 0 Å². The third-order valence-corrected chi connectivity index (χ3v) is 5.19. The van der Waals surface area contributed by atoms with Gasteiger partial charge in [-0.15, -0.1) is 11.3 Å². The molecule has 0 fully saturated rings. The van der Waals surface area contributed by atoms with Crippen LogP contribution in [0.1, 0.15) is 36.3 Å². The zero-order chi connectivity index (χ0) is 16.9. The SMILES string of the molecule is CCCC(C(=O)N(C)Cc1nc2ccccc2s1)c1ccccc1. The Morgan fingerprint density at radius 2 is 1.83 bits per heavy atom. The van der Waals surface area contributed by atoms with Gasteiger partial charge in [-0.25, -0.2) is 4.98 Å². The molecule has 3 nitrogen and oxygen atoms in total. The van der Waals surface area contributed by atoms with Gasteiger partial charge in [-0.1, -0.05) is 55.8 Å². The number of carbonyl (C=O) groups is 1. The summed E-state index contributed by atoms with van der Waals surface area (Å²) in [7, 11) is 1.88. The highest BCUT2D eigenvalue weighted by Crippen LogP contribution is 2.26. The standard InChI is InChI=1S/C20H22N2OS/c1-3-9-16(15-10-5-4-6-11-15)20(23)22(2)14-19-21-17-12-7-8-13-18(17)24-19/h4-8,10-13,16H,3,9,14H2,1-2H3. The average molecular weight is 338 g/mol. The van der Waals surface area contributed by atoms with Gasteiger partial charge in [0.15, 0.2) is 0 Å². The van der Waals surface area contributed by atoms with E-state index >= 15 is 0 Å². The van der Waals surface area contributed by atoms with Crippen molar-refractivity contribution in [1.82, 2.24) is 9.88 Å². The van der Waals surface area contributed by atoms with Crippen LogP contribution in [-0.4, -0.2) is 22.8 Å². The molecule has 4 heteroatoms. The summed E-state index contributed by atoms with van der Waals surface area (Å²) in [5.74, 6) is 0.0953. The summed E-state index contributed by atoms with van der Waals surface area (Å²) in [6.45, 7) is 2.68. The highest BCUT2D eigenvalue weighted by molar-refractivity contribution is 7.18. The number of hydrogen-bond donors (Lipinski definition) is 0. The van der Waals surface area contributed by atoms with E-state index in [9.17, 15) is 4.79 Å². The van der Waals surface area contributed by atoms with Gasteiger partial charge in [0.25, 0.3) is 0 Å². The van der Waals surface area contributed by atoms with Crippen LogP contribution in [0.15, 0.2) is 54.6 Å². The predicted octanol–water partition coefficient (Wildman–Crippen LogP) is 4.84. The first kappa shape index (κ1) is 16.7. The molecule has 3 rings (SSSR count). The fraction of sp³-hybridized carbons (Fsp3) is 0.300. The van der Waals surface area contributed by atoms with Crippen LogP contribution < -0.4 is 0 Å². The van der Waals surface area contributed by atoms with E-state index in [1.165, 1.54) is 4.70 Å². The van der Waals surface area contributed by atoms with E-state index in [-0.39, 0.29) is 11.8 Å². The maximum Gasteiger partial charge on any atom is 0.230 e. The van der Waals surface area contributed by atoms with Crippen molar-refractivity contribution in [2.45, 2.75) is 32.2 Å². The summed E-state index contributed by atoms with van der Waals surface area (Å²) >= 11 is 1.66. The van der Waals surface area contributed by atoms with Crippen LogP contribution >= 0.6 is 11.3 Å². The van der Waals surface area contributed by atoms with Crippen LogP contribution in [0.4, 0.5) is 0 Å². The van der Waals surface area contributed by atoms with Crippen LogP contribution in [0.2, 0.25) is 0 Å². The lowest BCUT2D eigenvalue weighted by Crippen LogP contribution is -2.31. The Labute approximate surface area is 147 Å². The quantitative estimate of drug-likeness (QED) is 0.644. The molecule has 1 atom stereocenters. The predicted molar refractivity (Wildman–Crippen MR) is 100 cm³/mol. The smallest absolute Gasteiger partial charge is 0.230 e. The van der Waals surface area contributed by atoms with Gasteiger partial charge in [0.2, 0.25) is 5.91 Å². The molecule has 1 aromatic heterocycles. The van der Waals surface area contributed by atoms with Gasteiger partial charge in [-0.3, -0.25) is 4.79 Å². The molecule has 1 heterocycles. The molecule has 0 N–H and O–H groups in total. The molecule has 0 aliphatic carbocycles. The number of hydrogen-bond acceptors (Lipinski definition) is 3. The maximum atomic E-state index is 13.0. The third-order valence-electron chi connectivity index (χ3n) is 4.16. The summed E-state index contributed by atoms with van der Waals surface area (Å²) in [6, 6.07) is 18.2. The van der Waals surface area contributed by atoms with Gasteiger partial charge in [0.1, 0.15) is 5.01 Å². The minimum Gasteiger partial charge on any atom is -0.338 e. The number of carbonyl (C=O) groups excluding carboxylic acids is 1. The summed E-state index contributed by atoms with van der Waals surface area (Å²) in [5.41, 5.74) is 2.10. The Kier molecular flexibility index (Phi) is 5.26. The summed E-state index contributed by atoms with van der Waals surface area (Å²) < 4.78 is 1.17. The number of rotatable bonds is 6. The van der Waals surface area contributed by atoms with Crippen LogP contribution in [0, 0.1) is 0 Å². The van der Waals surface area contributed by atoms with Crippen molar-refractivity contribution in [3.05, 3.63) is 65.2 Å². The van der Waals surface area contributed by atoms with E-state index in [1.54, 1.807) is 11.3 Å². The Morgan fingerprint density at radius 3 is 2.54 bits per heavy atom. The second kappa shape index (κ2) is 7.58. The number of para-hydroxylation sites is 1. The normalized spacial score (nSPS) is 12.2. The summed E-state index contributed by atoms with van der Waals surface area (Å²) in [5, 5.41) is 0.982. The molecular weight excluding hydrogens is 316 g/mol. The molecule has 0 spiro atoms. The van der Waals surface area contributed by atoms with Crippen molar-refractivity contribution in [2.24, 2.45) is 0 Å². The number of thiazole rings is 1. The van der Waals surface area contributed by atoms with Crippen LogP contribution in [0.25, 0.3) is 10.2 Å². The Balaban J connectivity index is 1.76. The molecule has 124 valence electrons. The molecule has 0 aliphatic rings. The van der Waals surface area contributed by atoms with E-state index in [0.29, 0.717) is 6.54 Å². The van der Waals surface area contributed by atoms with E-state index in [0.717, 1.165) is 28.9 Å². The van der Waals surface area contributed by atoms with Crippen LogP contribution in [-0.2, 0) is 11.3 Å². The van der Waals surface area contributed by atoms with Gasteiger partial charge < -0.3 is 4.90 Å². The van der Waals surface area contributed by atoms with Crippen molar-refractivity contribution < 1.29 is 4.79 Å². The second-order valence-corrected chi connectivity index (χ2v) is 7.14. The number of fused-ring (bicyclic) bond motifs is 1. The summed E-state index contributed by atoms with van der Waals surface area (Å²) in [4.78, 5) is 19.4. The number of amides is 1. The fourth-order valence-corrected chi connectivity index (χ4v) is 3.96. The second-order valence-electron chi connectivity index (χ2n) is 6.02.